The molecule has 0 spiro atoms. The minimum Gasteiger partial charge on any atom is -0.465 e. The summed E-state index contributed by atoms with van der Waals surface area (Å²) in [6.07, 6.45) is 1.57. The summed E-state index contributed by atoms with van der Waals surface area (Å²) in [5.41, 5.74) is 2.75. The standard InChI is InChI=1S/C14H14N2O3/c15-9-10-1-2-11-3-4-13(8-12(11)7-10)16(5-6-17)14(18)19/h1-2,6-7,13H,3-5,8H2,(H,18,19). The van der Waals surface area contributed by atoms with Gasteiger partial charge < -0.3 is 9.90 Å². The predicted molar refractivity (Wildman–Crippen MR) is 67.8 cm³/mol. The van der Waals surface area contributed by atoms with Crippen molar-refractivity contribution in [3.8, 4) is 6.07 Å². The van der Waals surface area contributed by atoms with E-state index < -0.39 is 6.09 Å². The average molecular weight is 258 g/mol. The number of benzene rings is 1. The molecule has 0 aromatic heterocycles. The highest BCUT2D eigenvalue weighted by Crippen LogP contribution is 2.25. The molecule has 0 bridgehead atoms. The van der Waals surface area contributed by atoms with Gasteiger partial charge in [-0.1, -0.05) is 6.07 Å². The number of carboxylic acid groups (broad SMARTS) is 1. The number of hydrogen-bond donors (Lipinski definition) is 1. The fourth-order valence-corrected chi connectivity index (χ4v) is 2.54. The summed E-state index contributed by atoms with van der Waals surface area (Å²) in [5.74, 6) is 0. The van der Waals surface area contributed by atoms with Crippen molar-refractivity contribution in [3.63, 3.8) is 0 Å². The number of nitriles is 1. The van der Waals surface area contributed by atoms with Crippen LogP contribution in [-0.4, -0.2) is 35.0 Å². The van der Waals surface area contributed by atoms with Crippen LogP contribution in [0.1, 0.15) is 23.1 Å². The van der Waals surface area contributed by atoms with E-state index in [0.717, 1.165) is 17.5 Å². The van der Waals surface area contributed by atoms with E-state index in [0.29, 0.717) is 24.7 Å². The summed E-state index contributed by atoms with van der Waals surface area (Å²) < 4.78 is 0. The van der Waals surface area contributed by atoms with E-state index in [-0.39, 0.29) is 12.6 Å². The van der Waals surface area contributed by atoms with Crippen molar-refractivity contribution in [3.05, 3.63) is 34.9 Å². The van der Waals surface area contributed by atoms with Gasteiger partial charge in [0.2, 0.25) is 0 Å². The Morgan fingerprint density at radius 1 is 1.53 bits per heavy atom. The molecular formula is C14H14N2O3. The molecule has 0 saturated carbocycles. The number of amides is 1. The van der Waals surface area contributed by atoms with Gasteiger partial charge in [-0.3, -0.25) is 4.90 Å². The van der Waals surface area contributed by atoms with Gasteiger partial charge in [0, 0.05) is 6.04 Å². The second kappa shape index (κ2) is 5.53. The molecular weight excluding hydrogens is 244 g/mol. The van der Waals surface area contributed by atoms with E-state index >= 15 is 0 Å². The lowest BCUT2D eigenvalue weighted by Crippen LogP contribution is -2.43. The van der Waals surface area contributed by atoms with Crippen LogP contribution in [0.5, 0.6) is 0 Å². The Labute approximate surface area is 111 Å². The lowest BCUT2D eigenvalue weighted by molar-refractivity contribution is -0.109. The van der Waals surface area contributed by atoms with E-state index in [9.17, 15) is 9.59 Å². The Hall–Kier alpha value is -2.35. The van der Waals surface area contributed by atoms with Crippen molar-refractivity contribution in [2.75, 3.05) is 6.54 Å². The number of fused-ring (bicyclic) bond motifs is 1. The van der Waals surface area contributed by atoms with Gasteiger partial charge in [0.1, 0.15) is 6.29 Å². The van der Waals surface area contributed by atoms with Gasteiger partial charge in [-0.25, -0.2) is 4.79 Å². The Morgan fingerprint density at radius 3 is 2.95 bits per heavy atom. The van der Waals surface area contributed by atoms with Gasteiger partial charge in [-0.05, 0) is 42.5 Å². The maximum Gasteiger partial charge on any atom is 0.407 e. The normalized spacial score (nSPS) is 17.1. The molecule has 2 rings (SSSR count). The third-order valence-corrected chi connectivity index (χ3v) is 3.50. The molecule has 1 aliphatic rings. The third-order valence-electron chi connectivity index (χ3n) is 3.50. The van der Waals surface area contributed by atoms with Crippen LogP contribution in [-0.2, 0) is 17.6 Å². The molecule has 0 fully saturated rings. The maximum absolute atomic E-state index is 11.1. The monoisotopic (exact) mass is 258 g/mol. The Bertz CT molecular complexity index is 548. The van der Waals surface area contributed by atoms with Gasteiger partial charge in [0.05, 0.1) is 18.2 Å². The summed E-state index contributed by atoms with van der Waals surface area (Å²) in [6.45, 7) is -0.104. The average Bonchev–Trinajstić information content (AvgIpc) is 2.43. The molecule has 0 aliphatic heterocycles. The first-order valence-corrected chi connectivity index (χ1v) is 6.10. The van der Waals surface area contributed by atoms with Crippen LogP contribution in [0.4, 0.5) is 4.79 Å². The smallest absolute Gasteiger partial charge is 0.407 e. The summed E-state index contributed by atoms with van der Waals surface area (Å²) in [6, 6.07) is 7.40. The lowest BCUT2D eigenvalue weighted by atomic mass is 9.86. The van der Waals surface area contributed by atoms with Gasteiger partial charge in [0.25, 0.3) is 0 Å². The first-order chi connectivity index (χ1) is 9.15. The van der Waals surface area contributed by atoms with Crippen molar-refractivity contribution < 1.29 is 14.7 Å². The Morgan fingerprint density at radius 2 is 2.32 bits per heavy atom. The second-order valence-electron chi connectivity index (χ2n) is 4.59. The predicted octanol–water partition coefficient (Wildman–Crippen LogP) is 1.59. The molecule has 5 heteroatoms. The molecule has 1 aliphatic carbocycles. The van der Waals surface area contributed by atoms with Crippen LogP contribution < -0.4 is 0 Å². The number of nitrogens with zero attached hydrogens (tertiary/aromatic N) is 2. The number of carbonyl (C=O) groups excluding carboxylic acids is 1. The van der Waals surface area contributed by atoms with E-state index in [1.807, 2.05) is 12.1 Å². The van der Waals surface area contributed by atoms with Crippen molar-refractivity contribution >= 4 is 12.4 Å². The van der Waals surface area contributed by atoms with Crippen LogP contribution >= 0.6 is 0 Å². The first kappa shape index (κ1) is 13.1. The summed E-state index contributed by atoms with van der Waals surface area (Å²) in [7, 11) is 0. The summed E-state index contributed by atoms with van der Waals surface area (Å²) in [4.78, 5) is 22.9. The molecule has 5 nitrogen and oxygen atoms in total. The maximum atomic E-state index is 11.1. The quantitative estimate of drug-likeness (QED) is 0.835. The molecule has 19 heavy (non-hydrogen) atoms. The van der Waals surface area contributed by atoms with Crippen LogP contribution in [0.3, 0.4) is 0 Å². The lowest BCUT2D eigenvalue weighted by Gasteiger charge is -2.32. The van der Waals surface area contributed by atoms with E-state index in [1.54, 1.807) is 6.07 Å². The van der Waals surface area contributed by atoms with Crippen molar-refractivity contribution in [1.82, 2.24) is 4.90 Å². The molecule has 1 aromatic carbocycles. The molecule has 0 radical (unpaired) electrons. The number of carbonyl (C=O) groups is 2. The van der Waals surface area contributed by atoms with Crippen molar-refractivity contribution in [2.24, 2.45) is 0 Å². The number of aldehydes is 1. The van der Waals surface area contributed by atoms with Gasteiger partial charge in [-0.15, -0.1) is 0 Å². The number of hydrogen-bond acceptors (Lipinski definition) is 3. The van der Waals surface area contributed by atoms with E-state index in [2.05, 4.69) is 6.07 Å². The fraction of sp³-hybridized carbons (Fsp3) is 0.357. The minimum atomic E-state index is -1.07. The van der Waals surface area contributed by atoms with E-state index in [4.69, 9.17) is 10.4 Å². The number of rotatable bonds is 3. The van der Waals surface area contributed by atoms with Gasteiger partial charge in [-0.2, -0.15) is 5.26 Å². The zero-order valence-electron chi connectivity index (χ0n) is 10.4. The minimum absolute atomic E-state index is 0.104. The van der Waals surface area contributed by atoms with Crippen LogP contribution in [0.2, 0.25) is 0 Å². The summed E-state index contributed by atoms with van der Waals surface area (Å²) in [5, 5.41) is 18.0. The topological polar surface area (TPSA) is 81.4 Å². The highest BCUT2D eigenvalue weighted by molar-refractivity contribution is 5.70. The van der Waals surface area contributed by atoms with Gasteiger partial charge in [0.15, 0.2) is 0 Å². The SMILES string of the molecule is N#Cc1ccc2c(c1)CC(N(CC=O)C(=O)O)CC2. The van der Waals surface area contributed by atoms with Crippen molar-refractivity contribution in [2.45, 2.75) is 25.3 Å². The molecule has 98 valence electrons. The molecule has 1 unspecified atom stereocenters. The molecule has 1 N–H and O–H groups in total. The Balaban J connectivity index is 2.22. The Kier molecular flexibility index (Phi) is 3.81. The van der Waals surface area contributed by atoms with Crippen LogP contribution in [0, 0.1) is 11.3 Å². The van der Waals surface area contributed by atoms with Crippen LogP contribution in [0.15, 0.2) is 18.2 Å². The third kappa shape index (κ3) is 2.74. The molecule has 1 atom stereocenters. The molecule has 1 aromatic rings. The van der Waals surface area contributed by atoms with Gasteiger partial charge >= 0.3 is 6.09 Å². The largest absolute Gasteiger partial charge is 0.465 e. The van der Waals surface area contributed by atoms with Crippen LogP contribution in [0.25, 0.3) is 0 Å². The highest BCUT2D eigenvalue weighted by atomic mass is 16.4. The molecule has 1 amide bonds. The highest BCUT2D eigenvalue weighted by Gasteiger charge is 2.27. The molecule has 0 heterocycles. The summed E-state index contributed by atoms with van der Waals surface area (Å²) >= 11 is 0. The second-order valence-corrected chi connectivity index (χ2v) is 4.59. The first-order valence-electron chi connectivity index (χ1n) is 6.10. The number of aryl methyl sites for hydroxylation is 1. The molecule has 0 saturated heterocycles. The fourth-order valence-electron chi connectivity index (χ4n) is 2.54. The zero-order valence-corrected chi connectivity index (χ0v) is 10.4. The van der Waals surface area contributed by atoms with Crippen molar-refractivity contribution in [1.29, 1.82) is 5.26 Å². The zero-order chi connectivity index (χ0) is 13.8. The van der Waals surface area contributed by atoms with E-state index in [1.165, 1.54) is 4.90 Å².